The van der Waals surface area contributed by atoms with Gasteiger partial charge >= 0.3 is 0 Å². The van der Waals surface area contributed by atoms with Crippen LogP contribution < -0.4 is 5.32 Å². The summed E-state index contributed by atoms with van der Waals surface area (Å²) in [7, 11) is 0. The topological polar surface area (TPSA) is 45.1 Å². The molecule has 0 spiro atoms. The SMILES string of the molecule is CCC(O)CCNCc1ncccc1C. The van der Waals surface area contributed by atoms with E-state index in [9.17, 15) is 5.11 Å². The highest BCUT2D eigenvalue weighted by Gasteiger charge is 2.01. The monoisotopic (exact) mass is 208 g/mol. The number of aliphatic hydroxyl groups is 1. The van der Waals surface area contributed by atoms with Crippen LogP contribution in [0.1, 0.15) is 31.0 Å². The van der Waals surface area contributed by atoms with E-state index in [1.807, 2.05) is 19.2 Å². The van der Waals surface area contributed by atoms with Crippen molar-refractivity contribution in [2.45, 2.75) is 39.3 Å². The minimum absolute atomic E-state index is 0.178. The Morgan fingerprint density at radius 3 is 3.00 bits per heavy atom. The molecule has 1 rings (SSSR count). The molecule has 3 heteroatoms. The second-order valence-corrected chi connectivity index (χ2v) is 3.79. The Kier molecular flexibility index (Phi) is 5.29. The van der Waals surface area contributed by atoms with Crippen LogP contribution >= 0.6 is 0 Å². The zero-order valence-electron chi connectivity index (χ0n) is 9.53. The Morgan fingerprint density at radius 2 is 2.33 bits per heavy atom. The molecule has 0 amide bonds. The highest BCUT2D eigenvalue weighted by atomic mass is 16.3. The van der Waals surface area contributed by atoms with Gasteiger partial charge in [-0.25, -0.2) is 0 Å². The quantitative estimate of drug-likeness (QED) is 0.699. The van der Waals surface area contributed by atoms with Crippen LogP contribution in [0.3, 0.4) is 0 Å². The summed E-state index contributed by atoms with van der Waals surface area (Å²) in [6.07, 6.45) is 3.26. The van der Waals surface area contributed by atoms with Gasteiger partial charge in [-0.3, -0.25) is 4.98 Å². The lowest BCUT2D eigenvalue weighted by Crippen LogP contribution is -2.20. The van der Waals surface area contributed by atoms with Crippen LogP contribution in [0.2, 0.25) is 0 Å². The normalized spacial score (nSPS) is 12.7. The Labute approximate surface area is 91.5 Å². The molecule has 0 aliphatic carbocycles. The molecule has 0 radical (unpaired) electrons. The first-order valence-electron chi connectivity index (χ1n) is 5.53. The van der Waals surface area contributed by atoms with Crippen molar-refractivity contribution in [2.75, 3.05) is 6.54 Å². The minimum atomic E-state index is -0.178. The molecule has 0 saturated heterocycles. The van der Waals surface area contributed by atoms with Crippen molar-refractivity contribution < 1.29 is 5.11 Å². The van der Waals surface area contributed by atoms with Crippen molar-refractivity contribution in [1.82, 2.24) is 10.3 Å². The van der Waals surface area contributed by atoms with Gasteiger partial charge in [-0.05, 0) is 37.9 Å². The van der Waals surface area contributed by atoms with Gasteiger partial charge < -0.3 is 10.4 Å². The summed E-state index contributed by atoms with van der Waals surface area (Å²) in [5, 5.41) is 12.6. The highest BCUT2D eigenvalue weighted by Crippen LogP contribution is 2.02. The van der Waals surface area contributed by atoms with E-state index in [0.717, 1.165) is 31.6 Å². The van der Waals surface area contributed by atoms with Gasteiger partial charge in [0.15, 0.2) is 0 Å². The first-order chi connectivity index (χ1) is 7.24. The summed E-state index contributed by atoms with van der Waals surface area (Å²) in [5.74, 6) is 0. The highest BCUT2D eigenvalue weighted by molar-refractivity contribution is 5.17. The van der Waals surface area contributed by atoms with E-state index >= 15 is 0 Å². The van der Waals surface area contributed by atoms with Gasteiger partial charge in [0, 0.05) is 12.7 Å². The number of pyridine rings is 1. The van der Waals surface area contributed by atoms with Gasteiger partial charge in [-0.15, -0.1) is 0 Å². The van der Waals surface area contributed by atoms with Gasteiger partial charge in [-0.2, -0.15) is 0 Å². The van der Waals surface area contributed by atoms with Crippen LogP contribution in [0.4, 0.5) is 0 Å². The number of rotatable bonds is 6. The van der Waals surface area contributed by atoms with Crippen molar-refractivity contribution >= 4 is 0 Å². The van der Waals surface area contributed by atoms with E-state index in [-0.39, 0.29) is 6.10 Å². The van der Waals surface area contributed by atoms with Crippen molar-refractivity contribution in [1.29, 1.82) is 0 Å². The zero-order valence-corrected chi connectivity index (χ0v) is 9.53. The molecule has 0 aliphatic rings. The molecule has 3 nitrogen and oxygen atoms in total. The molecule has 0 aromatic carbocycles. The average molecular weight is 208 g/mol. The smallest absolute Gasteiger partial charge is 0.0570 e. The standard InChI is InChI=1S/C12H20N2O/c1-3-11(15)6-8-13-9-12-10(2)5-4-7-14-12/h4-5,7,11,13,15H,3,6,8-9H2,1-2H3. The van der Waals surface area contributed by atoms with Crippen molar-refractivity contribution in [2.24, 2.45) is 0 Å². The molecule has 1 unspecified atom stereocenters. The average Bonchev–Trinajstić information content (AvgIpc) is 2.26. The molecule has 1 aromatic heterocycles. The van der Waals surface area contributed by atoms with Crippen LogP contribution in [0, 0.1) is 6.92 Å². The maximum Gasteiger partial charge on any atom is 0.0570 e. The summed E-state index contributed by atoms with van der Waals surface area (Å²) in [5.41, 5.74) is 2.30. The first-order valence-corrected chi connectivity index (χ1v) is 5.53. The van der Waals surface area contributed by atoms with E-state index in [4.69, 9.17) is 0 Å². The van der Waals surface area contributed by atoms with E-state index in [0.29, 0.717) is 0 Å². The largest absolute Gasteiger partial charge is 0.393 e. The number of hydrogen-bond donors (Lipinski definition) is 2. The molecule has 1 aromatic rings. The molecule has 0 saturated carbocycles. The van der Waals surface area contributed by atoms with Crippen LogP contribution in [0.25, 0.3) is 0 Å². The number of aliphatic hydroxyl groups excluding tert-OH is 1. The lowest BCUT2D eigenvalue weighted by atomic mass is 10.2. The van der Waals surface area contributed by atoms with Crippen LogP contribution in [0.15, 0.2) is 18.3 Å². The molecule has 15 heavy (non-hydrogen) atoms. The number of nitrogens with zero attached hydrogens (tertiary/aromatic N) is 1. The van der Waals surface area contributed by atoms with Gasteiger partial charge in [0.1, 0.15) is 0 Å². The molecular formula is C12H20N2O. The lowest BCUT2D eigenvalue weighted by Gasteiger charge is -2.09. The molecular weight excluding hydrogens is 188 g/mol. The number of hydrogen-bond acceptors (Lipinski definition) is 3. The molecule has 0 fully saturated rings. The maximum atomic E-state index is 9.35. The Morgan fingerprint density at radius 1 is 1.53 bits per heavy atom. The third-order valence-corrected chi connectivity index (χ3v) is 2.54. The van der Waals surface area contributed by atoms with Crippen molar-refractivity contribution in [3.8, 4) is 0 Å². The molecule has 84 valence electrons. The van der Waals surface area contributed by atoms with E-state index < -0.39 is 0 Å². The second-order valence-electron chi connectivity index (χ2n) is 3.79. The molecule has 1 heterocycles. The van der Waals surface area contributed by atoms with Gasteiger partial charge in [0.05, 0.1) is 11.8 Å². The summed E-state index contributed by atoms with van der Waals surface area (Å²) < 4.78 is 0. The van der Waals surface area contributed by atoms with Crippen molar-refractivity contribution in [3.63, 3.8) is 0 Å². The number of aryl methyl sites for hydroxylation is 1. The molecule has 2 N–H and O–H groups in total. The predicted molar refractivity (Wildman–Crippen MR) is 61.6 cm³/mol. The number of aromatic nitrogens is 1. The van der Waals surface area contributed by atoms with E-state index in [2.05, 4.69) is 23.3 Å². The second kappa shape index (κ2) is 6.53. The van der Waals surface area contributed by atoms with Gasteiger partial charge in [0.25, 0.3) is 0 Å². The lowest BCUT2D eigenvalue weighted by molar-refractivity contribution is 0.159. The summed E-state index contributed by atoms with van der Waals surface area (Å²) >= 11 is 0. The van der Waals surface area contributed by atoms with E-state index in [1.54, 1.807) is 0 Å². The molecule has 0 bridgehead atoms. The third-order valence-electron chi connectivity index (χ3n) is 2.54. The summed E-state index contributed by atoms with van der Waals surface area (Å²) in [6.45, 7) is 5.67. The van der Waals surface area contributed by atoms with Crippen LogP contribution in [0.5, 0.6) is 0 Å². The fraction of sp³-hybridized carbons (Fsp3) is 0.583. The predicted octanol–water partition coefficient (Wildman–Crippen LogP) is 1.64. The molecule has 1 atom stereocenters. The van der Waals surface area contributed by atoms with Crippen molar-refractivity contribution in [3.05, 3.63) is 29.6 Å². The molecule has 0 aliphatic heterocycles. The summed E-state index contributed by atoms with van der Waals surface area (Å²) in [4.78, 5) is 4.29. The minimum Gasteiger partial charge on any atom is -0.393 e. The maximum absolute atomic E-state index is 9.35. The fourth-order valence-electron chi connectivity index (χ4n) is 1.38. The fourth-order valence-corrected chi connectivity index (χ4v) is 1.38. The van der Waals surface area contributed by atoms with Crippen LogP contribution in [-0.2, 0) is 6.54 Å². The number of nitrogens with one attached hydrogen (secondary N) is 1. The summed E-state index contributed by atoms with van der Waals surface area (Å²) in [6, 6.07) is 4.00. The van der Waals surface area contributed by atoms with Gasteiger partial charge in [-0.1, -0.05) is 13.0 Å². The van der Waals surface area contributed by atoms with E-state index in [1.165, 1.54) is 5.56 Å². The van der Waals surface area contributed by atoms with Gasteiger partial charge in [0.2, 0.25) is 0 Å². The Bertz CT molecular complexity index is 289. The Balaban J connectivity index is 2.23. The first kappa shape index (κ1) is 12.1. The Hall–Kier alpha value is -0.930. The van der Waals surface area contributed by atoms with Crippen LogP contribution in [-0.4, -0.2) is 22.7 Å². The zero-order chi connectivity index (χ0) is 11.1. The third kappa shape index (κ3) is 4.40.